The van der Waals surface area contributed by atoms with Gasteiger partial charge in [0, 0.05) is 62.4 Å². The van der Waals surface area contributed by atoms with Crippen molar-refractivity contribution in [3.8, 4) is 28.7 Å². The summed E-state index contributed by atoms with van der Waals surface area (Å²) in [5, 5.41) is 20.1. The fourth-order valence-electron chi connectivity index (χ4n) is 7.99. The van der Waals surface area contributed by atoms with E-state index in [1.54, 1.807) is 36.4 Å². The van der Waals surface area contributed by atoms with Crippen molar-refractivity contribution in [2.75, 3.05) is 64.4 Å². The number of fused-ring (bicyclic) bond motifs is 5. The summed E-state index contributed by atoms with van der Waals surface area (Å²) >= 11 is 0. The molecule has 1 saturated heterocycles. The molecule has 17 nitrogen and oxygen atoms in total. The second kappa shape index (κ2) is 22.4. The number of rotatable bonds is 15. The zero-order chi connectivity index (χ0) is 46.6. The van der Waals surface area contributed by atoms with E-state index in [0.29, 0.717) is 59.7 Å². The molecular formula is C47H64N10O7. The third-order valence-corrected chi connectivity index (χ3v) is 11.6. The zero-order valence-corrected chi connectivity index (χ0v) is 37.6. The van der Waals surface area contributed by atoms with E-state index in [2.05, 4.69) is 71.2 Å². The summed E-state index contributed by atoms with van der Waals surface area (Å²) in [6.45, 7) is 9.83. The lowest BCUT2D eigenvalue weighted by Gasteiger charge is -2.35. The molecule has 0 aliphatic carbocycles. The maximum atomic E-state index is 14.6. The lowest BCUT2D eigenvalue weighted by molar-refractivity contribution is -0.143. The van der Waals surface area contributed by atoms with E-state index >= 15 is 0 Å². The monoisotopic (exact) mass is 880 g/mol. The Morgan fingerprint density at radius 1 is 0.875 bits per heavy atom. The Morgan fingerprint density at radius 2 is 1.50 bits per heavy atom. The van der Waals surface area contributed by atoms with Gasteiger partial charge in [-0.15, -0.1) is 0 Å². The fourth-order valence-corrected chi connectivity index (χ4v) is 7.99. The number of nitrogens with zero attached hydrogens (tertiary/aromatic N) is 3. The molecular weight excluding hydrogens is 817 g/mol. The first-order chi connectivity index (χ1) is 30.6. The molecule has 344 valence electrons. The van der Waals surface area contributed by atoms with Gasteiger partial charge >= 0.3 is 0 Å². The van der Waals surface area contributed by atoms with E-state index < -0.39 is 47.8 Å². The standard InChI is InChI=1S/C47H64N10O7/c1-29-42(58)55-38(44(60)52-21-18-49)27-30-6-12-39(63-24-19-50)35(26-30)36-28-32(7-13-40(36)64-25-20-51)41(45(61)53-29)56(5)46(62)37(14-17-48)54-43(59)31-15-22-57(23-16-31)34-10-8-33(9-11-34)47(2,3)4/h6-13,26,28-29,31,37-38,41H,14-17,19-25,27,48,50-51H2,1-5H3,(H,52,60)(H,53,61)(H,54,59)(H,55,58). The van der Waals surface area contributed by atoms with E-state index in [0.717, 1.165) is 5.69 Å². The highest BCUT2D eigenvalue weighted by Crippen LogP contribution is 2.40. The first kappa shape index (κ1) is 48.8. The highest BCUT2D eigenvalue weighted by atomic mass is 16.5. The van der Waals surface area contributed by atoms with Crippen molar-refractivity contribution in [1.29, 1.82) is 5.26 Å². The molecule has 5 rings (SSSR count). The van der Waals surface area contributed by atoms with E-state index in [1.165, 1.54) is 24.4 Å². The van der Waals surface area contributed by atoms with Crippen LogP contribution in [-0.2, 0) is 35.8 Å². The van der Waals surface area contributed by atoms with Crippen molar-refractivity contribution in [2.24, 2.45) is 23.1 Å². The third kappa shape index (κ3) is 12.3. The predicted molar refractivity (Wildman–Crippen MR) is 244 cm³/mol. The highest BCUT2D eigenvalue weighted by Gasteiger charge is 2.37. The minimum Gasteiger partial charge on any atom is -0.492 e. The molecule has 0 radical (unpaired) electrons. The molecule has 3 aromatic carbocycles. The molecule has 2 aliphatic heterocycles. The number of carbonyl (C=O) groups excluding carboxylic acids is 5. The Kier molecular flexibility index (Phi) is 17.1. The number of amides is 5. The van der Waals surface area contributed by atoms with Gasteiger partial charge in [-0.2, -0.15) is 5.26 Å². The van der Waals surface area contributed by atoms with Gasteiger partial charge in [-0.3, -0.25) is 24.0 Å². The predicted octanol–water partition coefficient (Wildman–Crippen LogP) is 1.76. The Morgan fingerprint density at radius 3 is 2.09 bits per heavy atom. The van der Waals surface area contributed by atoms with Crippen LogP contribution in [0, 0.1) is 17.2 Å². The number of hydrogen-bond donors (Lipinski definition) is 7. The van der Waals surface area contributed by atoms with Crippen LogP contribution in [0.1, 0.15) is 69.7 Å². The quantitative estimate of drug-likeness (QED) is 0.108. The molecule has 0 saturated carbocycles. The molecule has 10 N–H and O–H groups in total. The lowest BCUT2D eigenvalue weighted by Crippen LogP contribution is -2.56. The Balaban J connectivity index is 1.49. The second-order valence-corrected chi connectivity index (χ2v) is 17.3. The van der Waals surface area contributed by atoms with Crippen LogP contribution in [0.2, 0.25) is 0 Å². The van der Waals surface area contributed by atoms with E-state index in [-0.39, 0.29) is 69.5 Å². The van der Waals surface area contributed by atoms with Crippen LogP contribution >= 0.6 is 0 Å². The number of nitrogens with one attached hydrogen (secondary N) is 4. The molecule has 4 unspecified atom stereocenters. The van der Waals surface area contributed by atoms with Crippen LogP contribution in [-0.4, -0.2) is 112 Å². The minimum absolute atomic E-state index is 0.0190. The topological polar surface area (TPSA) is 260 Å². The van der Waals surface area contributed by atoms with Gasteiger partial charge < -0.3 is 57.7 Å². The Labute approximate surface area is 375 Å². The Hall–Kier alpha value is -6.22. The molecule has 3 aromatic rings. The molecule has 0 spiro atoms. The number of hydrogen-bond acceptors (Lipinski definition) is 12. The van der Waals surface area contributed by atoms with Gasteiger partial charge in [-0.1, -0.05) is 45.0 Å². The van der Waals surface area contributed by atoms with E-state index in [1.807, 2.05) is 6.07 Å². The smallest absolute Gasteiger partial charge is 0.248 e. The van der Waals surface area contributed by atoms with Crippen molar-refractivity contribution in [3.63, 3.8) is 0 Å². The molecule has 64 heavy (non-hydrogen) atoms. The van der Waals surface area contributed by atoms with Crippen molar-refractivity contribution in [3.05, 3.63) is 77.4 Å². The van der Waals surface area contributed by atoms with Gasteiger partial charge in [0.05, 0.1) is 6.07 Å². The van der Waals surface area contributed by atoms with Gasteiger partial charge in [0.1, 0.15) is 55.4 Å². The summed E-state index contributed by atoms with van der Waals surface area (Å²) in [5.41, 5.74) is 22.1. The average Bonchev–Trinajstić information content (AvgIpc) is 3.28. The molecule has 2 aliphatic rings. The average molecular weight is 881 g/mol. The summed E-state index contributed by atoms with van der Waals surface area (Å²) in [7, 11) is 1.46. The SMILES string of the molecule is CC1NC(=O)C(N(C)C(=O)C(CCN)NC(=O)C2CCN(c3ccc(C(C)(C)C)cc3)CC2)c2ccc(OCCN)c(c2)-c2cc(ccc2OCCN)CC(C(=O)NCC#N)NC1=O. The van der Waals surface area contributed by atoms with E-state index in [9.17, 15) is 24.0 Å². The number of piperidine rings is 1. The fraction of sp³-hybridized carbons (Fsp3) is 0.489. The van der Waals surface area contributed by atoms with Crippen molar-refractivity contribution < 1.29 is 33.4 Å². The summed E-state index contributed by atoms with van der Waals surface area (Å²) < 4.78 is 12.2. The summed E-state index contributed by atoms with van der Waals surface area (Å²) in [5.74, 6) is -2.36. The number of carbonyl (C=O) groups is 5. The molecule has 0 aromatic heterocycles. The van der Waals surface area contributed by atoms with Crippen LogP contribution in [0.5, 0.6) is 11.5 Å². The summed E-state index contributed by atoms with van der Waals surface area (Å²) in [6.07, 6.45) is 1.28. The minimum atomic E-state index is -1.34. The van der Waals surface area contributed by atoms with E-state index in [4.69, 9.17) is 31.9 Å². The normalized spacial score (nSPS) is 18.6. The first-order valence-electron chi connectivity index (χ1n) is 21.9. The summed E-state index contributed by atoms with van der Waals surface area (Å²) in [4.78, 5) is 73.6. The molecule has 4 bridgehead atoms. The molecule has 1 fully saturated rings. The van der Waals surface area contributed by atoms with Gasteiger partial charge in [-0.05, 0) is 91.2 Å². The number of likely N-dealkylation sites (N-methyl/N-ethyl adjacent to an activating group) is 1. The zero-order valence-electron chi connectivity index (χ0n) is 37.6. The molecule has 2 heterocycles. The van der Waals surface area contributed by atoms with Crippen LogP contribution in [0.4, 0.5) is 5.69 Å². The van der Waals surface area contributed by atoms with Gasteiger partial charge in [-0.25, -0.2) is 0 Å². The highest BCUT2D eigenvalue weighted by molar-refractivity contribution is 5.96. The molecule has 4 atom stereocenters. The van der Waals surface area contributed by atoms with Crippen LogP contribution in [0.15, 0.2) is 60.7 Å². The largest absolute Gasteiger partial charge is 0.492 e. The lowest BCUT2D eigenvalue weighted by atomic mass is 9.87. The van der Waals surface area contributed by atoms with Crippen molar-refractivity contribution >= 4 is 35.2 Å². The van der Waals surface area contributed by atoms with Crippen LogP contribution < -0.4 is 52.8 Å². The van der Waals surface area contributed by atoms with Gasteiger partial charge in [0.25, 0.3) is 0 Å². The number of ether oxygens (including phenoxy) is 2. The van der Waals surface area contributed by atoms with Crippen LogP contribution in [0.3, 0.4) is 0 Å². The number of benzene rings is 3. The van der Waals surface area contributed by atoms with Crippen molar-refractivity contribution in [1.82, 2.24) is 26.2 Å². The van der Waals surface area contributed by atoms with Crippen LogP contribution in [0.25, 0.3) is 11.1 Å². The number of anilines is 1. The van der Waals surface area contributed by atoms with Gasteiger partial charge in [0.2, 0.25) is 29.5 Å². The summed E-state index contributed by atoms with van der Waals surface area (Å²) in [6, 6.07) is 15.9. The molecule has 5 amide bonds. The van der Waals surface area contributed by atoms with Crippen molar-refractivity contribution in [2.45, 2.75) is 83.0 Å². The number of nitrogens with two attached hydrogens (primary N) is 3. The maximum absolute atomic E-state index is 14.6. The third-order valence-electron chi connectivity index (χ3n) is 11.6. The number of nitriles is 1. The second-order valence-electron chi connectivity index (χ2n) is 17.3. The maximum Gasteiger partial charge on any atom is 0.248 e. The van der Waals surface area contributed by atoms with Gasteiger partial charge in [0.15, 0.2) is 0 Å². The Bertz CT molecular complexity index is 2160. The first-order valence-corrected chi connectivity index (χ1v) is 21.9. The molecule has 17 heteroatoms.